The molecule has 2 rings (SSSR count). The van der Waals surface area contributed by atoms with Gasteiger partial charge in [0.05, 0.1) is 0 Å². The standard InChI is InChI=1S/C12H10O.CH3NS2/c1-3-7-11(8-4-1)13-12-9-5-2-6-10-12;2-1(3)4/h1-10H;(H3,2,3,4). The van der Waals surface area contributed by atoms with Crippen molar-refractivity contribution in [2.24, 2.45) is 5.73 Å². The van der Waals surface area contributed by atoms with Gasteiger partial charge in [0.1, 0.15) is 15.8 Å². The molecule has 0 amide bonds. The summed E-state index contributed by atoms with van der Waals surface area (Å²) in [4.78, 5) is 0. The maximum Gasteiger partial charge on any atom is 0.128 e. The summed E-state index contributed by atoms with van der Waals surface area (Å²) in [6.07, 6.45) is 0. The van der Waals surface area contributed by atoms with Crippen molar-refractivity contribution in [1.82, 2.24) is 0 Å². The fraction of sp³-hybridized carbons (Fsp3) is 0. The van der Waals surface area contributed by atoms with Gasteiger partial charge in [-0.3, -0.25) is 0 Å². The highest BCUT2D eigenvalue weighted by molar-refractivity contribution is 8.10. The van der Waals surface area contributed by atoms with Gasteiger partial charge in [-0.1, -0.05) is 48.6 Å². The summed E-state index contributed by atoms with van der Waals surface area (Å²) in [5, 5.41) is 0. The number of nitrogens with two attached hydrogens (primary N) is 1. The summed E-state index contributed by atoms with van der Waals surface area (Å²) < 4.78 is 5.77. The predicted octanol–water partition coefficient (Wildman–Crippen LogP) is 3.64. The number of benzene rings is 2. The third-order valence-corrected chi connectivity index (χ3v) is 1.72. The second-order valence-corrected chi connectivity index (χ2v) is 4.29. The molecule has 2 nitrogen and oxygen atoms in total. The summed E-state index contributed by atoms with van der Waals surface area (Å²) in [6.45, 7) is 0. The summed E-state index contributed by atoms with van der Waals surface area (Å²) in [5.74, 6) is 1.74. The number of rotatable bonds is 2. The second-order valence-electron chi connectivity index (χ2n) is 3.07. The number of thiocarbonyl (C=S) groups is 1. The van der Waals surface area contributed by atoms with E-state index in [-0.39, 0.29) is 4.32 Å². The Morgan fingerprint density at radius 1 is 0.882 bits per heavy atom. The molecule has 0 fully saturated rings. The van der Waals surface area contributed by atoms with Gasteiger partial charge in [0, 0.05) is 0 Å². The molecule has 0 aliphatic heterocycles. The van der Waals surface area contributed by atoms with Crippen molar-refractivity contribution in [3.05, 3.63) is 60.7 Å². The second kappa shape index (κ2) is 7.70. The maximum atomic E-state index is 5.58. The third kappa shape index (κ3) is 6.60. The number of hydrogen-bond donors (Lipinski definition) is 2. The molecule has 0 atom stereocenters. The zero-order valence-electron chi connectivity index (χ0n) is 9.11. The van der Waals surface area contributed by atoms with Crippen molar-refractivity contribution in [3.63, 3.8) is 0 Å². The van der Waals surface area contributed by atoms with Crippen molar-refractivity contribution in [3.8, 4) is 11.5 Å². The van der Waals surface area contributed by atoms with E-state index in [1.54, 1.807) is 0 Å². The van der Waals surface area contributed by atoms with E-state index in [2.05, 4.69) is 24.8 Å². The van der Waals surface area contributed by atoms with Crippen LogP contribution in [0.25, 0.3) is 0 Å². The largest absolute Gasteiger partial charge is 0.457 e. The molecule has 2 N–H and O–H groups in total. The van der Waals surface area contributed by atoms with Crippen LogP contribution < -0.4 is 10.5 Å². The number of para-hydroxylation sites is 2. The first-order valence-corrected chi connectivity index (χ1v) is 5.80. The Balaban J connectivity index is 0.000000317. The highest BCUT2D eigenvalue weighted by Crippen LogP contribution is 2.19. The zero-order chi connectivity index (χ0) is 12.5. The summed E-state index contributed by atoms with van der Waals surface area (Å²) in [5.41, 5.74) is 4.71. The van der Waals surface area contributed by atoms with Gasteiger partial charge in [0.25, 0.3) is 0 Å². The minimum absolute atomic E-state index is 0.194. The molecule has 88 valence electrons. The Kier molecular flexibility index (Phi) is 6.14. The molecule has 0 saturated carbocycles. The average molecular weight is 263 g/mol. The van der Waals surface area contributed by atoms with E-state index >= 15 is 0 Å². The van der Waals surface area contributed by atoms with Crippen molar-refractivity contribution in [2.45, 2.75) is 0 Å². The van der Waals surface area contributed by atoms with E-state index < -0.39 is 0 Å². The molecule has 2 aromatic carbocycles. The Hall–Kier alpha value is -1.52. The Morgan fingerprint density at radius 3 is 1.47 bits per heavy atom. The molecule has 17 heavy (non-hydrogen) atoms. The molecule has 0 bridgehead atoms. The van der Waals surface area contributed by atoms with Crippen LogP contribution in [0.5, 0.6) is 11.5 Å². The fourth-order valence-electron chi connectivity index (χ4n) is 1.11. The van der Waals surface area contributed by atoms with Crippen molar-refractivity contribution < 1.29 is 4.74 Å². The normalized spacial score (nSPS) is 8.76. The van der Waals surface area contributed by atoms with Crippen LogP contribution in [0.2, 0.25) is 0 Å². The van der Waals surface area contributed by atoms with E-state index in [9.17, 15) is 0 Å². The lowest BCUT2D eigenvalue weighted by molar-refractivity contribution is 0.482. The summed E-state index contributed by atoms with van der Waals surface area (Å²) in [7, 11) is 0. The van der Waals surface area contributed by atoms with Crippen LogP contribution in [-0.2, 0) is 0 Å². The van der Waals surface area contributed by atoms with Crippen molar-refractivity contribution in [1.29, 1.82) is 0 Å². The van der Waals surface area contributed by atoms with E-state index in [0.717, 1.165) is 11.5 Å². The van der Waals surface area contributed by atoms with Crippen LogP contribution in [0.1, 0.15) is 0 Å². The molecule has 0 aromatic heterocycles. The Labute approximate surface area is 112 Å². The molecule has 2 aromatic rings. The van der Waals surface area contributed by atoms with Gasteiger partial charge in [0.15, 0.2) is 0 Å². The minimum atomic E-state index is 0.194. The molecular weight excluding hydrogens is 250 g/mol. The number of ether oxygens (including phenoxy) is 1. The van der Waals surface area contributed by atoms with Gasteiger partial charge >= 0.3 is 0 Å². The van der Waals surface area contributed by atoms with Crippen LogP contribution >= 0.6 is 24.8 Å². The quantitative estimate of drug-likeness (QED) is 0.641. The van der Waals surface area contributed by atoms with Gasteiger partial charge in [0.2, 0.25) is 0 Å². The van der Waals surface area contributed by atoms with Crippen molar-refractivity contribution in [2.75, 3.05) is 0 Å². The fourth-order valence-corrected chi connectivity index (χ4v) is 1.11. The Bertz CT molecular complexity index is 404. The highest BCUT2D eigenvalue weighted by atomic mass is 32.1. The summed E-state index contributed by atoms with van der Waals surface area (Å²) >= 11 is 7.65. The summed E-state index contributed by atoms with van der Waals surface area (Å²) in [6, 6.07) is 19.5. The van der Waals surface area contributed by atoms with Gasteiger partial charge in [-0.15, -0.1) is 12.6 Å². The molecule has 0 aliphatic rings. The molecule has 0 spiro atoms. The lowest BCUT2D eigenvalue weighted by atomic mass is 10.3. The van der Waals surface area contributed by atoms with Crippen LogP contribution in [0.3, 0.4) is 0 Å². The van der Waals surface area contributed by atoms with Crippen LogP contribution in [0.15, 0.2) is 60.7 Å². The molecule has 0 saturated heterocycles. The lowest BCUT2D eigenvalue weighted by Gasteiger charge is -2.03. The smallest absolute Gasteiger partial charge is 0.128 e. The molecule has 0 aliphatic carbocycles. The number of thiol groups is 1. The average Bonchev–Trinajstić information content (AvgIpc) is 2.31. The highest BCUT2D eigenvalue weighted by Gasteiger charge is 1.92. The molecule has 0 unspecified atom stereocenters. The SMILES string of the molecule is NC(=S)S.c1ccc(Oc2ccccc2)cc1. The molecule has 0 radical (unpaired) electrons. The van der Waals surface area contributed by atoms with Crippen LogP contribution in [0, 0.1) is 0 Å². The molecule has 0 heterocycles. The first-order chi connectivity index (χ1) is 8.18. The maximum absolute atomic E-state index is 5.58. The van der Waals surface area contributed by atoms with E-state index in [0.29, 0.717) is 0 Å². The van der Waals surface area contributed by atoms with Gasteiger partial charge < -0.3 is 10.5 Å². The molecular formula is C13H13NOS2. The first kappa shape index (κ1) is 13.5. The first-order valence-electron chi connectivity index (χ1n) is 4.95. The van der Waals surface area contributed by atoms with Crippen molar-refractivity contribution >= 4 is 29.2 Å². The van der Waals surface area contributed by atoms with Gasteiger partial charge in [-0.2, -0.15) is 0 Å². The predicted molar refractivity (Wildman–Crippen MR) is 78.7 cm³/mol. The minimum Gasteiger partial charge on any atom is -0.457 e. The van der Waals surface area contributed by atoms with E-state index in [1.165, 1.54) is 0 Å². The lowest BCUT2D eigenvalue weighted by Crippen LogP contribution is -1.94. The monoisotopic (exact) mass is 263 g/mol. The van der Waals surface area contributed by atoms with E-state index in [4.69, 9.17) is 10.5 Å². The topological polar surface area (TPSA) is 35.2 Å². The van der Waals surface area contributed by atoms with Gasteiger partial charge in [-0.05, 0) is 24.3 Å². The zero-order valence-corrected chi connectivity index (χ0v) is 10.8. The van der Waals surface area contributed by atoms with E-state index in [1.807, 2.05) is 60.7 Å². The molecule has 4 heteroatoms. The third-order valence-electron chi connectivity index (χ3n) is 1.72. The van der Waals surface area contributed by atoms with Gasteiger partial charge in [-0.25, -0.2) is 0 Å². The Morgan fingerprint density at radius 2 is 1.18 bits per heavy atom. The van der Waals surface area contributed by atoms with Crippen LogP contribution in [0.4, 0.5) is 0 Å². The van der Waals surface area contributed by atoms with Crippen LogP contribution in [-0.4, -0.2) is 4.32 Å². The number of hydrogen-bond acceptors (Lipinski definition) is 2.